The third-order valence-corrected chi connectivity index (χ3v) is 6.99. The Hall–Kier alpha value is -3.29. The summed E-state index contributed by atoms with van der Waals surface area (Å²) in [7, 11) is 0. The molecule has 33 heavy (non-hydrogen) atoms. The van der Waals surface area contributed by atoms with Gasteiger partial charge in [-0.1, -0.05) is 18.1 Å². The summed E-state index contributed by atoms with van der Waals surface area (Å²) in [6.07, 6.45) is 5.89. The Bertz CT molecular complexity index is 1190. The first-order valence-electron chi connectivity index (χ1n) is 11.7. The number of halogens is 1. The average molecular weight is 450 g/mol. The summed E-state index contributed by atoms with van der Waals surface area (Å²) in [5.74, 6) is -0.619. The number of carbonyl (C=O) groups is 2. The van der Waals surface area contributed by atoms with E-state index in [4.69, 9.17) is 0 Å². The molecule has 1 saturated carbocycles. The number of aryl methyl sites for hydroxylation is 1. The molecule has 7 nitrogen and oxygen atoms in total. The van der Waals surface area contributed by atoms with Gasteiger partial charge in [0.25, 0.3) is 5.91 Å². The van der Waals surface area contributed by atoms with Crippen LogP contribution in [0.15, 0.2) is 36.4 Å². The van der Waals surface area contributed by atoms with Gasteiger partial charge in [-0.3, -0.25) is 9.59 Å². The minimum atomic E-state index is -0.323. The van der Waals surface area contributed by atoms with Gasteiger partial charge in [0.05, 0.1) is 11.6 Å². The number of hydrogen-bond acceptors (Lipinski definition) is 4. The highest BCUT2D eigenvalue weighted by Gasteiger charge is 2.28. The average Bonchev–Trinajstić information content (AvgIpc) is 3.50. The number of piperidine rings is 1. The molecular formula is C25H28FN5O2. The molecule has 0 unspecified atom stereocenters. The Morgan fingerprint density at radius 2 is 1.79 bits per heavy atom. The molecule has 2 aromatic carbocycles. The van der Waals surface area contributed by atoms with E-state index in [1.807, 2.05) is 22.9 Å². The predicted octanol–water partition coefficient (Wildman–Crippen LogP) is 4.48. The molecule has 2 aliphatic rings. The molecular weight excluding hydrogens is 421 g/mol. The SMILES string of the molecule is Cc1cc(F)ccc1NC(=O)C1CCN(C(=O)c2ccc3c(c2)nnn3C2CCCC2)CC1. The van der Waals surface area contributed by atoms with E-state index >= 15 is 0 Å². The molecule has 172 valence electrons. The number of benzene rings is 2. The maximum atomic E-state index is 13.3. The van der Waals surface area contributed by atoms with Crippen molar-refractivity contribution in [3.05, 3.63) is 53.3 Å². The molecule has 0 spiro atoms. The van der Waals surface area contributed by atoms with Crippen LogP contribution < -0.4 is 5.32 Å². The molecule has 2 heterocycles. The Labute approximate surface area is 191 Å². The van der Waals surface area contributed by atoms with Crippen molar-refractivity contribution in [2.75, 3.05) is 18.4 Å². The molecule has 2 amide bonds. The topological polar surface area (TPSA) is 80.1 Å². The van der Waals surface area contributed by atoms with Crippen LogP contribution in [-0.4, -0.2) is 44.8 Å². The number of rotatable bonds is 4. The molecule has 2 fully saturated rings. The number of amides is 2. The molecule has 1 saturated heterocycles. The first-order valence-corrected chi connectivity index (χ1v) is 11.7. The van der Waals surface area contributed by atoms with Gasteiger partial charge in [-0.2, -0.15) is 0 Å². The summed E-state index contributed by atoms with van der Waals surface area (Å²) >= 11 is 0. The van der Waals surface area contributed by atoms with Crippen LogP contribution in [0.25, 0.3) is 11.0 Å². The third kappa shape index (κ3) is 4.34. The molecule has 1 aliphatic heterocycles. The smallest absolute Gasteiger partial charge is 0.253 e. The summed E-state index contributed by atoms with van der Waals surface area (Å²) < 4.78 is 15.3. The Kier molecular flexibility index (Phi) is 5.83. The summed E-state index contributed by atoms with van der Waals surface area (Å²) in [5, 5.41) is 11.5. The predicted molar refractivity (Wildman–Crippen MR) is 123 cm³/mol. The van der Waals surface area contributed by atoms with Crippen molar-refractivity contribution in [2.24, 2.45) is 5.92 Å². The van der Waals surface area contributed by atoms with E-state index in [9.17, 15) is 14.0 Å². The standard InChI is InChI=1S/C25H28FN5O2/c1-16-14-19(26)7-8-21(16)27-24(32)17-10-12-30(13-11-17)25(33)18-6-9-23-22(15-18)28-29-31(23)20-4-2-3-5-20/h6-9,14-15,17,20H,2-5,10-13H2,1H3,(H,27,32). The zero-order valence-corrected chi connectivity index (χ0v) is 18.8. The fourth-order valence-corrected chi connectivity index (χ4v) is 5.02. The van der Waals surface area contributed by atoms with Crippen LogP contribution in [0.5, 0.6) is 0 Å². The van der Waals surface area contributed by atoms with E-state index in [2.05, 4.69) is 15.6 Å². The van der Waals surface area contributed by atoms with Crippen molar-refractivity contribution in [1.29, 1.82) is 0 Å². The maximum absolute atomic E-state index is 13.3. The normalized spacial score (nSPS) is 17.6. The lowest BCUT2D eigenvalue weighted by Gasteiger charge is -2.31. The highest BCUT2D eigenvalue weighted by molar-refractivity contribution is 5.98. The first-order chi connectivity index (χ1) is 16.0. The van der Waals surface area contributed by atoms with E-state index in [1.54, 1.807) is 17.9 Å². The highest BCUT2D eigenvalue weighted by Crippen LogP contribution is 2.31. The van der Waals surface area contributed by atoms with E-state index in [0.29, 0.717) is 48.8 Å². The number of anilines is 1. The molecule has 3 aromatic rings. The lowest BCUT2D eigenvalue weighted by atomic mass is 9.95. The number of hydrogen-bond donors (Lipinski definition) is 1. The van der Waals surface area contributed by atoms with Crippen LogP contribution in [0, 0.1) is 18.7 Å². The number of fused-ring (bicyclic) bond motifs is 1. The van der Waals surface area contributed by atoms with E-state index < -0.39 is 0 Å². The van der Waals surface area contributed by atoms with Gasteiger partial charge in [0.15, 0.2) is 0 Å². The van der Waals surface area contributed by atoms with Crippen LogP contribution in [0.2, 0.25) is 0 Å². The third-order valence-electron chi connectivity index (χ3n) is 6.99. The summed E-state index contributed by atoms with van der Waals surface area (Å²) in [6, 6.07) is 10.4. The number of aromatic nitrogens is 3. The summed E-state index contributed by atoms with van der Waals surface area (Å²) in [4.78, 5) is 27.6. The van der Waals surface area contributed by atoms with Gasteiger partial charge in [-0.05, 0) is 74.6 Å². The molecule has 1 N–H and O–H groups in total. The minimum absolute atomic E-state index is 0.0412. The first kappa shape index (κ1) is 21.6. The number of carbonyl (C=O) groups excluding carboxylic acids is 2. The van der Waals surface area contributed by atoms with Gasteiger partial charge in [0.1, 0.15) is 11.3 Å². The van der Waals surface area contributed by atoms with Crippen LogP contribution in [-0.2, 0) is 4.79 Å². The van der Waals surface area contributed by atoms with Crippen molar-refractivity contribution in [1.82, 2.24) is 19.9 Å². The van der Waals surface area contributed by atoms with E-state index in [-0.39, 0.29) is 23.5 Å². The number of nitrogens with zero attached hydrogens (tertiary/aromatic N) is 4. The van der Waals surface area contributed by atoms with Gasteiger partial charge < -0.3 is 10.2 Å². The molecule has 5 rings (SSSR count). The van der Waals surface area contributed by atoms with Crippen molar-refractivity contribution in [3.63, 3.8) is 0 Å². The monoisotopic (exact) mass is 449 g/mol. The second-order valence-electron chi connectivity index (χ2n) is 9.19. The van der Waals surface area contributed by atoms with Gasteiger partial charge in [0.2, 0.25) is 5.91 Å². The number of likely N-dealkylation sites (tertiary alicyclic amines) is 1. The second kappa shape index (κ2) is 8.92. The second-order valence-corrected chi connectivity index (χ2v) is 9.19. The van der Waals surface area contributed by atoms with Gasteiger partial charge >= 0.3 is 0 Å². The lowest BCUT2D eigenvalue weighted by molar-refractivity contribution is -0.121. The van der Waals surface area contributed by atoms with Crippen LogP contribution in [0.4, 0.5) is 10.1 Å². The molecule has 1 aliphatic carbocycles. The molecule has 1 aromatic heterocycles. The lowest BCUT2D eigenvalue weighted by Crippen LogP contribution is -2.41. The Morgan fingerprint density at radius 3 is 2.52 bits per heavy atom. The van der Waals surface area contributed by atoms with Crippen LogP contribution in [0.3, 0.4) is 0 Å². The molecule has 8 heteroatoms. The van der Waals surface area contributed by atoms with E-state index in [0.717, 1.165) is 23.9 Å². The van der Waals surface area contributed by atoms with Crippen molar-refractivity contribution < 1.29 is 14.0 Å². The van der Waals surface area contributed by atoms with Gasteiger partial charge in [-0.25, -0.2) is 9.07 Å². The zero-order valence-electron chi connectivity index (χ0n) is 18.8. The van der Waals surface area contributed by atoms with Gasteiger partial charge in [-0.15, -0.1) is 5.10 Å². The van der Waals surface area contributed by atoms with Crippen molar-refractivity contribution in [2.45, 2.75) is 51.5 Å². The fourth-order valence-electron chi connectivity index (χ4n) is 5.02. The largest absolute Gasteiger partial charge is 0.339 e. The van der Waals surface area contributed by atoms with E-state index in [1.165, 1.54) is 25.0 Å². The molecule has 0 atom stereocenters. The van der Waals surface area contributed by atoms with Crippen molar-refractivity contribution in [3.8, 4) is 0 Å². The maximum Gasteiger partial charge on any atom is 0.253 e. The minimum Gasteiger partial charge on any atom is -0.339 e. The Morgan fingerprint density at radius 1 is 1.03 bits per heavy atom. The van der Waals surface area contributed by atoms with Crippen molar-refractivity contribution >= 4 is 28.5 Å². The quantitative estimate of drug-likeness (QED) is 0.637. The summed E-state index contributed by atoms with van der Waals surface area (Å²) in [6.45, 7) is 2.81. The Balaban J connectivity index is 1.21. The van der Waals surface area contributed by atoms with Crippen LogP contribution in [0.1, 0.15) is 60.5 Å². The summed E-state index contributed by atoms with van der Waals surface area (Å²) in [5.41, 5.74) is 3.64. The number of nitrogens with one attached hydrogen (secondary N) is 1. The van der Waals surface area contributed by atoms with Gasteiger partial charge in [0, 0.05) is 30.3 Å². The molecule has 0 bridgehead atoms. The zero-order chi connectivity index (χ0) is 22.9. The fraction of sp³-hybridized carbons (Fsp3) is 0.440. The highest BCUT2D eigenvalue weighted by atomic mass is 19.1. The van der Waals surface area contributed by atoms with Crippen LogP contribution >= 0.6 is 0 Å². The molecule has 0 radical (unpaired) electrons.